The summed E-state index contributed by atoms with van der Waals surface area (Å²) in [6.45, 7) is 1.71. The molecule has 1 unspecified atom stereocenters. The number of likely N-dealkylation sites (N-methyl/N-ethyl adjacent to an activating group) is 1. The lowest BCUT2D eigenvalue weighted by Gasteiger charge is -2.21. The van der Waals surface area contributed by atoms with Gasteiger partial charge in [0.1, 0.15) is 11.8 Å². The zero-order chi connectivity index (χ0) is 21.8. The van der Waals surface area contributed by atoms with E-state index in [1.165, 1.54) is 13.1 Å². The van der Waals surface area contributed by atoms with Crippen molar-refractivity contribution in [2.45, 2.75) is 18.9 Å². The van der Waals surface area contributed by atoms with Crippen LogP contribution in [0.25, 0.3) is 10.8 Å². The molecular weight excluding hydrogens is 390 g/mol. The second-order valence-corrected chi connectivity index (χ2v) is 6.92. The third-order valence-electron chi connectivity index (χ3n) is 5.04. The molecule has 30 heavy (non-hydrogen) atoms. The molecule has 0 fully saturated rings. The third kappa shape index (κ3) is 4.40. The second kappa shape index (κ2) is 8.90. The molecule has 0 saturated carbocycles. The molecule has 5 nitrogen and oxygen atoms in total. The number of carbonyl (C=O) groups is 2. The molecule has 0 heterocycles. The Morgan fingerprint density at radius 2 is 1.53 bits per heavy atom. The molecule has 0 aromatic heterocycles. The number of rotatable bonds is 6. The first-order valence-electron chi connectivity index (χ1n) is 9.38. The van der Waals surface area contributed by atoms with Gasteiger partial charge in [0.2, 0.25) is 11.8 Å². The number of nitrogens with one attached hydrogen (secondary N) is 2. The van der Waals surface area contributed by atoms with Crippen molar-refractivity contribution >= 4 is 22.6 Å². The van der Waals surface area contributed by atoms with Crippen LogP contribution in [0.1, 0.15) is 30.0 Å². The summed E-state index contributed by atoms with van der Waals surface area (Å²) in [6, 6.07) is 13.2. The standard InChI is InChI=1S/C23H22F2N2O3/c1-13(14-4-5-16-11-18(30-3)8-6-15(16)10-14)22(28)27-21(23(29)26-2)17-7-9-19(24)20(25)12-17/h4-13,21H,1-3H3,(H,26,29)(H,27,28)/t13-,21?/m0/s1. The largest absolute Gasteiger partial charge is 0.497 e. The summed E-state index contributed by atoms with van der Waals surface area (Å²) in [5, 5.41) is 6.98. The number of carbonyl (C=O) groups excluding carboxylic acids is 2. The molecule has 2 atom stereocenters. The molecule has 0 radical (unpaired) electrons. The number of methoxy groups -OCH3 is 1. The highest BCUT2D eigenvalue weighted by Gasteiger charge is 2.26. The zero-order valence-corrected chi connectivity index (χ0v) is 16.8. The topological polar surface area (TPSA) is 67.4 Å². The molecule has 0 aliphatic carbocycles. The van der Waals surface area contributed by atoms with Crippen LogP contribution in [0, 0.1) is 11.6 Å². The summed E-state index contributed by atoms with van der Waals surface area (Å²) in [5.41, 5.74) is 0.908. The number of ether oxygens (including phenoxy) is 1. The van der Waals surface area contributed by atoms with E-state index in [-0.39, 0.29) is 5.56 Å². The predicted molar refractivity (Wildman–Crippen MR) is 110 cm³/mol. The minimum absolute atomic E-state index is 0.152. The molecule has 0 saturated heterocycles. The fourth-order valence-corrected chi connectivity index (χ4v) is 3.19. The Hall–Kier alpha value is -3.48. The molecule has 2 amide bonds. The van der Waals surface area contributed by atoms with E-state index in [0.717, 1.165) is 34.2 Å². The maximum Gasteiger partial charge on any atom is 0.246 e. The van der Waals surface area contributed by atoms with E-state index in [9.17, 15) is 18.4 Å². The van der Waals surface area contributed by atoms with Crippen LogP contribution in [0.3, 0.4) is 0 Å². The number of amides is 2. The van der Waals surface area contributed by atoms with Gasteiger partial charge in [-0.15, -0.1) is 0 Å². The first kappa shape index (κ1) is 21.2. The quantitative estimate of drug-likeness (QED) is 0.647. The lowest BCUT2D eigenvalue weighted by molar-refractivity contribution is -0.129. The van der Waals surface area contributed by atoms with Gasteiger partial charge in [-0.2, -0.15) is 0 Å². The van der Waals surface area contributed by atoms with Gasteiger partial charge in [-0.25, -0.2) is 8.78 Å². The Balaban J connectivity index is 1.85. The SMILES string of the molecule is CNC(=O)C(NC(=O)[C@@H](C)c1ccc2cc(OC)ccc2c1)c1ccc(F)c(F)c1. The fourth-order valence-electron chi connectivity index (χ4n) is 3.19. The summed E-state index contributed by atoms with van der Waals surface area (Å²) < 4.78 is 32.1. The molecule has 3 aromatic carbocycles. The smallest absolute Gasteiger partial charge is 0.246 e. The van der Waals surface area contributed by atoms with Crippen LogP contribution in [0.2, 0.25) is 0 Å². The molecule has 3 rings (SSSR count). The molecule has 0 spiro atoms. The van der Waals surface area contributed by atoms with Gasteiger partial charge in [-0.3, -0.25) is 9.59 Å². The minimum atomic E-state index is -1.15. The van der Waals surface area contributed by atoms with E-state index in [0.29, 0.717) is 0 Å². The minimum Gasteiger partial charge on any atom is -0.497 e. The molecule has 3 aromatic rings. The molecule has 0 aliphatic heterocycles. The van der Waals surface area contributed by atoms with Crippen molar-refractivity contribution in [2.24, 2.45) is 0 Å². The van der Waals surface area contributed by atoms with E-state index in [4.69, 9.17) is 4.74 Å². The van der Waals surface area contributed by atoms with Crippen LogP contribution in [0.4, 0.5) is 8.78 Å². The molecule has 0 bridgehead atoms. The van der Waals surface area contributed by atoms with Gasteiger partial charge in [0, 0.05) is 7.05 Å². The number of halogens is 2. The highest BCUT2D eigenvalue weighted by atomic mass is 19.2. The van der Waals surface area contributed by atoms with Gasteiger partial charge in [-0.05, 0) is 53.1 Å². The van der Waals surface area contributed by atoms with Crippen molar-refractivity contribution in [1.82, 2.24) is 10.6 Å². The van der Waals surface area contributed by atoms with Crippen molar-refractivity contribution in [3.63, 3.8) is 0 Å². The number of hydrogen-bond acceptors (Lipinski definition) is 3. The number of fused-ring (bicyclic) bond motifs is 1. The van der Waals surface area contributed by atoms with E-state index in [1.54, 1.807) is 14.0 Å². The van der Waals surface area contributed by atoms with Gasteiger partial charge in [0.05, 0.1) is 13.0 Å². The summed E-state index contributed by atoms with van der Waals surface area (Å²) in [6.07, 6.45) is 0. The van der Waals surface area contributed by atoms with E-state index < -0.39 is 35.4 Å². The Labute approximate surface area is 173 Å². The Bertz CT molecular complexity index is 1100. The molecule has 0 aliphatic rings. The van der Waals surface area contributed by atoms with E-state index in [2.05, 4.69) is 10.6 Å². The lowest BCUT2D eigenvalue weighted by atomic mass is 9.96. The Kier molecular flexibility index (Phi) is 6.30. The van der Waals surface area contributed by atoms with Crippen molar-refractivity contribution in [2.75, 3.05) is 14.2 Å². The Morgan fingerprint density at radius 3 is 2.20 bits per heavy atom. The van der Waals surface area contributed by atoms with Gasteiger partial charge in [-0.1, -0.05) is 30.3 Å². The molecule has 7 heteroatoms. The summed E-state index contributed by atoms with van der Waals surface area (Å²) in [4.78, 5) is 25.1. The monoisotopic (exact) mass is 412 g/mol. The Morgan fingerprint density at radius 1 is 0.867 bits per heavy atom. The maximum atomic E-state index is 13.6. The first-order valence-corrected chi connectivity index (χ1v) is 9.38. The van der Waals surface area contributed by atoms with Crippen LogP contribution in [-0.2, 0) is 9.59 Å². The number of benzene rings is 3. The van der Waals surface area contributed by atoms with Crippen molar-refractivity contribution in [3.05, 3.63) is 77.4 Å². The van der Waals surface area contributed by atoms with Gasteiger partial charge in [0.25, 0.3) is 0 Å². The van der Waals surface area contributed by atoms with Crippen LogP contribution in [0.5, 0.6) is 5.75 Å². The van der Waals surface area contributed by atoms with Gasteiger partial charge >= 0.3 is 0 Å². The normalized spacial score (nSPS) is 12.8. The average molecular weight is 412 g/mol. The molecular formula is C23H22F2N2O3. The molecule has 156 valence electrons. The average Bonchev–Trinajstić information content (AvgIpc) is 2.77. The third-order valence-corrected chi connectivity index (χ3v) is 5.04. The lowest BCUT2D eigenvalue weighted by Crippen LogP contribution is -2.40. The fraction of sp³-hybridized carbons (Fsp3) is 0.217. The van der Waals surface area contributed by atoms with E-state index >= 15 is 0 Å². The maximum absolute atomic E-state index is 13.6. The summed E-state index contributed by atoms with van der Waals surface area (Å²) in [7, 11) is 3.00. The van der Waals surface area contributed by atoms with Crippen LogP contribution >= 0.6 is 0 Å². The number of hydrogen-bond donors (Lipinski definition) is 2. The van der Waals surface area contributed by atoms with Crippen molar-refractivity contribution in [3.8, 4) is 5.75 Å². The van der Waals surface area contributed by atoms with Gasteiger partial charge in [0.15, 0.2) is 11.6 Å². The van der Waals surface area contributed by atoms with Crippen molar-refractivity contribution in [1.29, 1.82) is 0 Å². The molecule has 2 N–H and O–H groups in total. The highest BCUT2D eigenvalue weighted by molar-refractivity contribution is 5.92. The predicted octanol–water partition coefficient (Wildman–Crippen LogP) is 3.83. The van der Waals surface area contributed by atoms with Crippen LogP contribution < -0.4 is 15.4 Å². The first-order chi connectivity index (χ1) is 14.3. The van der Waals surface area contributed by atoms with Crippen molar-refractivity contribution < 1.29 is 23.1 Å². The zero-order valence-electron chi connectivity index (χ0n) is 16.8. The van der Waals surface area contributed by atoms with Crippen LogP contribution in [0.15, 0.2) is 54.6 Å². The summed E-state index contributed by atoms with van der Waals surface area (Å²) in [5.74, 6) is -2.90. The van der Waals surface area contributed by atoms with Gasteiger partial charge < -0.3 is 15.4 Å². The second-order valence-electron chi connectivity index (χ2n) is 6.92. The van der Waals surface area contributed by atoms with Crippen LogP contribution in [-0.4, -0.2) is 26.0 Å². The summed E-state index contributed by atoms with van der Waals surface area (Å²) >= 11 is 0. The highest BCUT2D eigenvalue weighted by Crippen LogP contribution is 2.26. The van der Waals surface area contributed by atoms with E-state index in [1.807, 2.05) is 36.4 Å².